The Kier molecular flexibility index (Phi) is 4.96. The molecule has 1 amide bonds. The summed E-state index contributed by atoms with van der Waals surface area (Å²) >= 11 is 1.68. The molecular weight excluding hydrogens is 388 g/mol. The fraction of sp³-hybridized carbons (Fsp3) is 0.333. The Bertz CT molecular complexity index is 1120. The van der Waals surface area contributed by atoms with Crippen molar-refractivity contribution in [3.63, 3.8) is 0 Å². The number of carbonyl (C=O) groups excluding carboxylic acids is 1. The molecule has 0 atom stereocenters. The number of anilines is 1. The lowest BCUT2D eigenvalue weighted by Crippen LogP contribution is -2.48. The van der Waals surface area contributed by atoms with Crippen LogP contribution in [0.15, 0.2) is 30.3 Å². The number of fused-ring (bicyclic) bond motifs is 1. The van der Waals surface area contributed by atoms with E-state index in [4.69, 9.17) is 4.98 Å². The number of aromatic nitrogens is 1. The van der Waals surface area contributed by atoms with Crippen LogP contribution in [0.2, 0.25) is 0 Å². The number of amides is 1. The van der Waals surface area contributed by atoms with Crippen LogP contribution in [0, 0.1) is 30.9 Å². The molecule has 0 spiro atoms. The van der Waals surface area contributed by atoms with Crippen molar-refractivity contribution >= 4 is 38.3 Å². The molecule has 0 radical (unpaired) electrons. The van der Waals surface area contributed by atoms with Crippen LogP contribution in [0.4, 0.5) is 10.8 Å². The van der Waals surface area contributed by atoms with Crippen LogP contribution in [0.25, 0.3) is 10.2 Å². The van der Waals surface area contributed by atoms with Crippen molar-refractivity contribution in [1.29, 1.82) is 0 Å². The van der Waals surface area contributed by atoms with Crippen molar-refractivity contribution in [1.82, 2.24) is 9.88 Å². The van der Waals surface area contributed by atoms with Gasteiger partial charge >= 0.3 is 0 Å². The van der Waals surface area contributed by atoms with E-state index in [2.05, 4.69) is 30.9 Å². The molecule has 2 heterocycles. The molecule has 2 aromatic carbocycles. The molecule has 0 unspecified atom stereocenters. The lowest BCUT2D eigenvalue weighted by Gasteiger charge is -2.34. The largest absolute Gasteiger partial charge is 0.345 e. The first-order valence-electron chi connectivity index (χ1n) is 9.52. The lowest BCUT2D eigenvalue weighted by atomic mass is 10.1. The summed E-state index contributed by atoms with van der Waals surface area (Å²) in [5.74, 6) is -0.151. The van der Waals surface area contributed by atoms with Crippen LogP contribution in [-0.4, -0.2) is 46.9 Å². The first-order chi connectivity index (χ1) is 13.9. The number of rotatable bonds is 3. The molecule has 0 saturated carbocycles. The van der Waals surface area contributed by atoms with Gasteiger partial charge in [0.2, 0.25) is 0 Å². The number of aryl methyl sites for hydroxylation is 2. The van der Waals surface area contributed by atoms with E-state index in [1.54, 1.807) is 35.3 Å². The van der Waals surface area contributed by atoms with Crippen molar-refractivity contribution in [2.75, 3.05) is 31.1 Å². The van der Waals surface area contributed by atoms with E-state index in [-0.39, 0.29) is 11.6 Å². The SMILES string of the molecule is Cc1ccc2sc(N3CCN(C(=O)c4cccc([N+](=O)[O-])c4C)CC3)nc2c1C. The Morgan fingerprint density at radius 2 is 1.79 bits per heavy atom. The number of hydrogen-bond acceptors (Lipinski definition) is 6. The van der Waals surface area contributed by atoms with Crippen LogP contribution in [-0.2, 0) is 0 Å². The molecule has 1 fully saturated rings. The summed E-state index contributed by atoms with van der Waals surface area (Å²) in [7, 11) is 0. The molecule has 0 aliphatic carbocycles. The minimum atomic E-state index is -0.444. The van der Waals surface area contributed by atoms with E-state index in [0.717, 1.165) is 10.6 Å². The Hall–Kier alpha value is -3.00. The van der Waals surface area contributed by atoms with Gasteiger partial charge in [0.05, 0.1) is 15.1 Å². The van der Waals surface area contributed by atoms with Crippen molar-refractivity contribution in [3.05, 3.63) is 62.7 Å². The monoisotopic (exact) mass is 410 g/mol. The zero-order valence-electron chi connectivity index (χ0n) is 16.6. The van der Waals surface area contributed by atoms with Crippen molar-refractivity contribution < 1.29 is 9.72 Å². The second-order valence-electron chi connectivity index (χ2n) is 7.34. The molecule has 1 aromatic heterocycles. The smallest absolute Gasteiger partial charge is 0.273 e. The van der Waals surface area contributed by atoms with Gasteiger partial charge in [0, 0.05) is 43.4 Å². The molecule has 1 saturated heterocycles. The maximum absolute atomic E-state index is 12.9. The maximum atomic E-state index is 12.9. The highest BCUT2D eigenvalue weighted by molar-refractivity contribution is 7.22. The van der Waals surface area contributed by atoms with Gasteiger partial charge in [-0.3, -0.25) is 14.9 Å². The van der Waals surface area contributed by atoms with Gasteiger partial charge in [0.1, 0.15) is 0 Å². The van der Waals surface area contributed by atoms with Crippen molar-refractivity contribution in [2.24, 2.45) is 0 Å². The van der Waals surface area contributed by atoms with Gasteiger partial charge < -0.3 is 9.80 Å². The summed E-state index contributed by atoms with van der Waals surface area (Å²) in [4.78, 5) is 32.5. The number of carbonyl (C=O) groups is 1. The number of nitro benzene ring substituents is 1. The average molecular weight is 410 g/mol. The highest BCUT2D eigenvalue weighted by Crippen LogP contribution is 2.32. The lowest BCUT2D eigenvalue weighted by molar-refractivity contribution is -0.385. The normalized spacial score (nSPS) is 14.4. The van der Waals surface area contributed by atoms with Gasteiger partial charge in [-0.05, 0) is 44.0 Å². The summed E-state index contributed by atoms with van der Waals surface area (Å²) in [6, 6.07) is 8.90. The Morgan fingerprint density at radius 1 is 1.07 bits per heavy atom. The van der Waals surface area contributed by atoms with Gasteiger partial charge in [0.25, 0.3) is 11.6 Å². The molecule has 0 N–H and O–H groups in total. The summed E-state index contributed by atoms with van der Waals surface area (Å²) in [5.41, 5.74) is 4.29. The number of hydrogen-bond donors (Lipinski definition) is 0. The summed E-state index contributed by atoms with van der Waals surface area (Å²) in [5, 5.41) is 12.1. The van der Waals surface area contributed by atoms with E-state index in [1.807, 2.05) is 0 Å². The average Bonchev–Trinajstić information content (AvgIpc) is 3.15. The van der Waals surface area contributed by atoms with E-state index in [9.17, 15) is 14.9 Å². The van der Waals surface area contributed by atoms with Crippen LogP contribution >= 0.6 is 11.3 Å². The van der Waals surface area contributed by atoms with Gasteiger partial charge in [-0.2, -0.15) is 0 Å². The molecule has 1 aliphatic rings. The standard InChI is InChI=1S/C21H22N4O3S/c1-13-7-8-18-19(14(13)2)22-21(29-18)24-11-9-23(10-12-24)20(26)16-5-4-6-17(15(16)3)25(27)28/h4-8H,9-12H2,1-3H3. The molecule has 7 nitrogen and oxygen atoms in total. The third kappa shape index (κ3) is 3.44. The van der Waals surface area contributed by atoms with Crippen LogP contribution < -0.4 is 4.90 Å². The molecule has 1 aliphatic heterocycles. The van der Waals surface area contributed by atoms with Crippen LogP contribution in [0.1, 0.15) is 27.0 Å². The molecule has 3 aromatic rings. The minimum absolute atomic E-state index is 0.0189. The number of thiazole rings is 1. The first-order valence-corrected chi connectivity index (χ1v) is 10.3. The van der Waals surface area contributed by atoms with Crippen LogP contribution in [0.3, 0.4) is 0 Å². The number of nitrogens with zero attached hydrogens (tertiary/aromatic N) is 4. The predicted octanol–water partition coefficient (Wildman–Crippen LogP) is 4.09. The molecule has 0 bridgehead atoms. The maximum Gasteiger partial charge on any atom is 0.273 e. The molecule has 4 rings (SSSR count). The number of nitro groups is 1. The van der Waals surface area contributed by atoms with E-state index in [1.165, 1.54) is 21.9 Å². The summed E-state index contributed by atoms with van der Waals surface area (Å²) < 4.78 is 1.17. The van der Waals surface area contributed by atoms with E-state index < -0.39 is 4.92 Å². The predicted molar refractivity (Wildman–Crippen MR) is 115 cm³/mol. The minimum Gasteiger partial charge on any atom is -0.345 e. The quantitative estimate of drug-likeness (QED) is 0.480. The Balaban J connectivity index is 1.50. The molecule has 29 heavy (non-hydrogen) atoms. The second kappa shape index (κ2) is 7.44. The fourth-order valence-corrected chi connectivity index (χ4v) is 4.75. The summed E-state index contributed by atoms with van der Waals surface area (Å²) in [6.45, 7) is 8.33. The van der Waals surface area contributed by atoms with Gasteiger partial charge in [-0.25, -0.2) is 4.98 Å². The molecule has 8 heteroatoms. The zero-order chi connectivity index (χ0) is 20.7. The van der Waals surface area contributed by atoms with Gasteiger partial charge in [-0.15, -0.1) is 0 Å². The Morgan fingerprint density at radius 3 is 2.48 bits per heavy atom. The number of piperazine rings is 1. The zero-order valence-corrected chi connectivity index (χ0v) is 17.5. The molecular formula is C21H22N4O3S. The first kappa shape index (κ1) is 19.3. The third-order valence-corrected chi connectivity index (χ3v) is 6.72. The second-order valence-corrected chi connectivity index (χ2v) is 8.35. The van der Waals surface area contributed by atoms with Crippen molar-refractivity contribution in [2.45, 2.75) is 20.8 Å². The summed E-state index contributed by atoms with van der Waals surface area (Å²) in [6.07, 6.45) is 0. The highest BCUT2D eigenvalue weighted by Gasteiger charge is 2.27. The van der Waals surface area contributed by atoms with Gasteiger partial charge in [-0.1, -0.05) is 23.5 Å². The van der Waals surface area contributed by atoms with E-state index >= 15 is 0 Å². The van der Waals surface area contributed by atoms with Gasteiger partial charge in [0.15, 0.2) is 5.13 Å². The van der Waals surface area contributed by atoms with Crippen LogP contribution in [0.5, 0.6) is 0 Å². The van der Waals surface area contributed by atoms with E-state index in [0.29, 0.717) is 37.3 Å². The topological polar surface area (TPSA) is 79.6 Å². The molecule has 150 valence electrons. The Labute approximate surface area is 172 Å². The van der Waals surface area contributed by atoms with Crippen molar-refractivity contribution in [3.8, 4) is 0 Å². The highest BCUT2D eigenvalue weighted by atomic mass is 32.1. The number of benzene rings is 2. The fourth-order valence-electron chi connectivity index (χ4n) is 3.67. The third-order valence-electron chi connectivity index (χ3n) is 5.64.